The largest absolute Gasteiger partial charge is 0.466 e. The first-order chi connectivity index (χ1) is 37.5. The Kier molecular flexibility index (Phi) is 65.4. The van der Waals surface area contributed by atoms with Crippen molar-refractivity contribution in [3.63, 3.8) is 0 Å². The van der Waals surface area contributed by atoms with Gasteiger partial charge in [0.15, 0.2) is 0 Å². The second-order valence-electron chi connectivity index (χ2n) is 24.6. The molecule has 0 aliphatic carbocycles. The summed E-state index contributed by atoms with van der Waals surface area (Å²) in [5.41, 5.74) is 0. The minimum absolute atomic E-state index is 0.0247. The van der Waals surface area contributed by atoms with Crippen molar-refractivity contribution in [1.82, 2.24) is 5.32 Å². The number of hydrogen-bond acceptors (Lipinski definition) is 5. The van der Waals surface area contributed by atoms with E-state index in [4.69, 9.17) is 4.74 Å². The number of aliphatic hydroxyl groups is 2. The molecule has 3 N–H and O–H groups in total. The van der Waals surface area contributed by atoms with Crippen LogP contribution in [0.25, 0.3) is 0 Å². The summed E-state index contributed by atoms with van der Waals surface area (Å²) in [5.74, 6) is -0.00349. The predicted octanol–water partition coefficient (Wildman–Crippen LogP) is 22.6. The fourth-order valence-electron chi connectivity index (χ4n) is 11.5. The van der Waals surface area contributed by atoms with E-state index in [0.29, 0.717) is 25.9 Å². The minimum atomic E-state index is -0.659. The highest BCUT2D eigenvalue weighted by Crippen LogP contribution is 2.20. The van der Waals surface area contributed by atoms with Gasteiger partial charge in [-0.2, -0.15) is 0 Å². The van der Waals surface area contributed by atoms with E-state index in [1.165, 1.54) is 340 Å². The number of hydrogen-bond donors (Lipinski definition) is 3. The third kappa shape index (κ3) is 62.1. The second kappa shape index (κ2) is 66.4. The molecule has 0 saturated carbocycles. The first kappa shape index (κ1) is 74.9. The Hall–Kier alpha value is -1.14. The zero-order valence-corrected chi connectivity index (χ0v) is 52.0. The van der Waals surface area contributed by atoms with Gasteiger partial charge in [-0.1, -0.05) is 373 Å². The monoisotopic (exact) mass is 1070 g/mol. The summed E-state index contributed by atoms with van der Waals surface area (Å²) < 4.78 is 5.51. The smallest absolute Gasteiger partial charge is 0.305 e. The van der Waals surface area contributed by atoms with Gasteiger partial charge in [0, 0.05) is 12.8 Å². The van der Waals surface area contributed by atoms with Crippen LogP contribution in [0.1, 0.15) is 412 Å². The zero-order chi connectivity index (χ0) is 55.0. The lowest BCUT2D eigenvalue weighted by atomic mass is 10.0. The van der Waals surface area contributed by atoms with Gasteiger partial charge in [-0.15, -0.1) is 0 Å². The van der Waals surface area contributed by atoms with Crippen molar-refractivity contribution in [3.8, 4) is 0 Å². The van der Waals surface area contributed by atoms with E-state index in [0.717, 1.165) is 38.5 Å². The Balaban J connectivity index is 3.29. The van der Waals surface area contributed by atoms with E-state index in [2.05, 4.69) is 19.2 Å². The molecule has 0 rings (SSSR count). The van der Waals surface area contributed by atoms with Crippen molar-refractivity contribution in [3.05, 3.63) is 0 Å². The van der Waals surface area contributed by atoms with Crippen LogP contribution in [0.3, 0.4) is 0 Å². The van der Waals surface area contributed by atoms with Crippen LogP contribution in [0.5, 0.6) is 0 Å². The predicted molar refractivity (Wildman–Crippen MR) is 334 cm³/mol. The average Bonchev–Trinajstić information content (AvgIpc) is 3.42. The van der Waals surface area contributed by atoms with E-state index < -0.39 is 12.1 Å². The maximum atomic E-state index is 12.5. The molecule has 0 fully saturated rings. The molecule has 0 heterocycles. The molecule has 2 unspecified atom stereocenters. The molecule has 0 saturated heterocycles. The maximum absolute atomic E-state index is 12.5. The Morgan fingerprint density at radius 2 is 0.539 bits per heavy atom. The molecule has 0 aromatic carbocycles. The fraction of sp³-hybridized carbons (Fsp3) is 0.971. The van der Waals surface area contributed by atoms with E-state index in [1.54, 1.807) is 0 Å². The molecular formula is C70H139NO5. The molecule has 0 radical (unpaired) electrons. The Morgan fingerprint density at radius 1 is 0.316 bits per heavy atom. The van der Waals surface area contributed by atoms with Gasteiger partial charge in [-0.3, -0.25) is 9.59 Å². The highest BCUT2D eigenvalue weighted by Gasteiger charge is 2.20. The lowest BCUT2D eigenvalue weighted by Crippen LogP contribution is -2.45. The van der Waals surface area contributed by atoms with Crippen LogP contribution in [0.4, 0.5) is 0 Å². The van der Waals surface area contributed by atoms with Crippen molar-refractivity contribution < 1.29 is 24.5 Å². The highest BCUT2D eigenvalue weighted by molar-refractivity contribution is 5.76. The van der Waals surface area contributed by atoms with Gasteiger partial charge < -0.3 is 20.3 Å². The van der Waals surface area contributed by atoms with Gasteiger partial charge in [0.05, 0.1) is 25.4 Å². The Morgan fingerprint density at radius 3 is 0.803 bits per heavy atom. The standard InChI is InChI=1S/C70H139NO5/c1-3-5-7-9-11-13-15-17-18-36-40-44-48-52-56-60-64-70(75)76-65-61-57-53-49-45-41-37-34-32-30-28-26-24-22-20-19-21-23-25-27-29-31-33-35-39-43-47-51-55-59-63-69(74)71-67(66-72)68(73)62-58-54-50-46-42-38-16-14-12-10-8-6-4-2/h67-68,72-73H,3-66H2,1-2H3,(H,71,74). The number of aliphatic hydroxyl groups excluding tert-OH is 2. The summed E-state index contributed by atoms with van der Waals surface area (Å²) in [4.78, 5) is 24.6. The summed E-state index contributed by atoms with van der Waals surface area (Å²) in [5, 5.41) is 23.3. The van der Waals surface area contributed by atoms with Crippen molar-refractivity contribution in [2.45, 2.75) is 424 Å². The molecule has 0 bridgehead atoms. The average molecular weight is 1070 g/mol. The van der Waals surface area contributed by atoms with Crippen LogP contribution in [0.15, 0.2) is 0 Å². The van der Waals surface area contributed by atoms with E-state index in [1.807, 2.05) is 0 Å². The number of carbonyl (C=O) groups is 2. The molecule has 0 spiro atoms. The molecule has 0 aliphatic rings. The number of amides is 1. The summed E-state index contributed by atoms with van der Waals surface area (Å²) in [6.45, 7) is 5.00. The molecular weight excluding hydrogens is 935 g/mol. The molecule has 1 amide bonds. The molecule has 6 nitrogen and oxygen atoms in total. The normalized spacial score (nSPS) is 12.4. The Bertz CT molecular complexity index is 1100. The topological polar surface area (TPSA) is 95.9 Å². The lowest BCUT2D eigenvalue weighted by Gasteiger charge is -2.22. The third-order valence-electron chi connectivity index (χ3n) is 16.9. The van der Waals surface area contributed by atoms with Gasteiger partial charge >= 0.3 is 5.97 Å². The minimum Gasteiger partial charge on any atom is -0.466 e. The van der Waals surface area contributed by atoms with Crippen molar-refractivity contribution in [2.24, 2.45) is 0 Å². The van der Waals surface area contributed by atoms with Gasteiger partial charge in [0.1, 0.15) is 0 Å². The van der Waals surface area contributed by atoms with Crippen LogP contribution >= 0.6 is 0 Å². The first-order valence-electron chi connectivity index (χ1n) is 35.3. The van der Waals surface area contributed by atoms with Crippen molar-refractivity contribution >= 4 is 11.9 Å². The van der Waals surface area contributed by atoms with Crippen LogP contribution in [0.2, 0.25) is 0 Å². The number of ether oxygens (including phenoxy) is 1. The number of unbranched alkanes of at least 4 members (excludes halogenated alkanes) is 56. The number of carbonyl (C=O) groups excluding carboxylic acids is 2. The van der Waals surface area contributed by atoms with Gasteiger partial charge in [-0.05, 0) is 25.7 Å². The maximum Gasteiger partial charge on any atom is 0.305 e. The number of rotatable bonds is 67. The van der Waals surface area contributed by atoms with Gasteiger partial charge in [0.25, 0.3) is 0 Å². The molecule has 0 aliphatic heterocycles. The number of nitrogens with one attached hydrogen (secondary N) is 1. The summed E-state index contributed by atoms with van der Waals surface area (Å²) in [7, 11) is 0. The fourth-order valence-corrected chi connectivity index (χ4v) is 11.5. The van der Waals surface area contributed by atoms with Crippen molar-refractivity contribution in [1.29, 1.82) is 0 Å². The van der Waals surface area contributed by atoms with Crippen LogP contribution in [-0.4, -0.2) is 47.4 Å². The van der Waals surface area contributed by atoms with E-state index in [-0.39, 0.29) is 18.5 Å². The van der Waals surface area contributed by atoms with Crippen LogP contribution in [0, 0.1) is 0 Å². The van der Waals surface area contributed by atoms with Crippen LogP contribution in [-0.2, 0) is 14.3 Å². The molecule has 0 aromatic heterocycles. The summed E-state index contributed by atoms with van der Waals surface area (Å²) >= 11 is 0. The van der Waals surface area contributed by atoms with Gasteiger partial charge in [0.2, 0.25) is 5.91 Å². The quantitative estimate of drug-likeness (QED) is 0.0417. The molecule has 454 valence electrons. The molecule has 76 heavy (non-hydrogen) atoms. The SMILES string of the molecule is CCCCCCCCCCCCCCCCCCC(=O)OCCCCCCCCCCCCCCCCCCCCCCCCCCCCCCCCC(=O)NC(CO)C(O)CCCCCCCCCCCCCCC. The highest BCUT2D eigenvalue weighted by atomic mass is 16.5. The summed E-state index contributed by atoms with van der Waals surface area (Å²) in [6, 6.07) is -0.536. The van der Waals surface area contributed by atoms with E-state index >= 15 is 0 Å². The first-order valence-corrected chi connectivity index (χ1v) is 35.3. The number of esters is 1. The molecule has 0 aromatic rings. The lowest BCUT2D eigenvalue weighted by molar-refractivity contribution is -0.143. The zero-order valence-electron chi connectivity index (χ0n) is 52.0. The summed E-state index contributed by atoms with van der Waals surface area (Å²) in [6.07, 6.45) is 80.2. The van der Waals surface area contributed by atoms with Crippen LogP contribution < -0.4 is 5.32 Å². The van der Waals surface area contributed by atoms with E-state index in [9.17, 15) is 19.8 Å². The third-order valence-corrected chi connectivity index (χ3v) is 16.9. The molecule has 6 heteroatoms. The van der Waals surface area contributed by atoms with Gasteiger partial charge in [-0.25, -0.2) is 0 Å². The van der Waals surface area contributed by atoms with Crippen molar-refractivity contribution in [2.75, 3.05) is 13.2 Å². The molecule has 2 atom stereocenters. The Labute approximate surface area is 476 Å². The second-order valence-corrected chi connectivity index (χ2v) is 24.6.